The van der Waals surface area contributed by atoms with Gasteiger partial charge in [0.05, 0.1) is 6.04 Å². The van der Waals surface area contributed by atoms with Gasteiger partial charge in [-0.1, -0.05) is 60.7 Å². The first-order valence-corrected chi connectivity index (χ1v) is 9.31. The number of nitrogens with zero attached hydrogens (tertiary/aromatic N) is 1. The van der Waals surface area contributed by atoms with E-state index in [1.807, 2.05) is 60.7 Å². The lowest BCUT2D eigenvalue weighted by Crippen LogP contribution is -2.41. The molecule has 3 heterocycles. The third kappa shape index (κ3) is 5.17. The number of hydrogen-bond donors (Lipinski definition) is 1. The monoisotopic (exact) mass is 336 g/mol. The molecule has 132 valence electrons. The Labute approximate surface area is 151 Å². The van der Waals surface area contributed by atoms with Gasteiger partial charge in [0, 0.05) is 6.92 Å². The number of amides is 1. The van der Waals surface area contributed by atoms with Gasteiger partial charge in [0.1, 0.15) is 0 Å². The smallest absolute Gasteiger partial charge is 0.217 e. The van der Waals surface area contributed by atoms with Crippen molar-refractivity contribution in [2.24, 2.45) is 5.92 Å². The van der Waals surface area contributed by atoms with Crippen molar-refractivity contribution in [2.45, 2.75) is 32.2 Å². The first-order valence-electron chi connectivity index (χ1n) is 9.31. The minimum atomic E-state index is -0.0742. The molecule has 3 heteroatoms. The number of rotatable bonds is 3. The van der Waals surface area contributed by atoms with Crippen LogP contribution in [0, 0.1) is 5.92 Å². The molecule has 0 spiro atoms. The highest BCUT2D eigenvalue weighted by Crippen LogP contribution is 2.26. The van der Waals surface area contributed by atoms with Crippen LogP contribution in [0.3, 0.4) is 0 Å². The van der Waals surface area contributed by atoms with Crippen molar-refractivity contribution in [2.75, 3.05) is 19.6 Å². The number of piperidine rings is 3. The van der Waals surface area contributed by atoms with Crippen LogP contribution >= 0.6 is 0 Å². The highest BCUT2D eigenvalue weighted by molar-refractivity contribution is 5.74. The van der Waals surface area contributed by atoms with E-state index in [2.05, 4.69) is 10.2 Å². The molecular weight excluding hydrogens is 308 g/mol. The summed E-state index contributed by atoms with van der Waals surface area (Å²) in [7, 11) is 0. The second kappa shape index (κ2) is 8.82. The van der Waals surface area contributed by atoms with E-state index in [4.69, 9.17) is 0 Å². The van der Waals surface area contributed by atoms with Crippen molar-refractivity contribution in [3.63, 3.8) is 0 Å². The highest BCUT2D eigenvalue weighted by atomic mass is 16.1. The second-order valence-corrected chi connectivity index (χ2v) is 7.03. The number of carbonyl (C=O) groups is 1. The lowest BCUT2D eigenvalue weighted by Gasteiger charge is -2.38. The number of benzene rings is 2. The molecule has 3 saturated heterocycles. The maximum Gasteiger partial charge on any atom is 0.217 e. The zero-order chi connectivity index (χ0) is 17.5. The molecule has 3 aliphatic rings. The van der Waals surface area contributed by atoms with E-state index < -0.39 is 0 Å². The molecule has 5 rings (SSSR count). The first-order chi connectivity index (χ1) is 12.2. The van der Waals surface area contributed by atoms with Gasteiger partial charge in [0.25, 0.3) is 0 Å². The number of carbonyl (C=O) groups excluding carboxylic acids is 1. The quantitative estimate of drug-likeness (QED) is 0.918. The van der Waals surface area contributed by atoms with Gasteiger partial charge in [-0.3, -0.25) is 4.79 Å². The summed E-state index contributed by atoms with van der Waals surface area (Å²) in [6.45, 7) is 5.72. The molecule has 3 nitrogen and oxygen atoms in total. The normalized spacial score (nSPS) is 21.4. The van der Waals surface area contributed by atoms with Crippen molar-refractivity contribution in [3.8, 4) is 0 Å². The Morgan fingerprint density at radius 2 is 1.32 bits per heavy atom. The van der Waals surface area contributed by atoms with Gasteiger partial charge < -0.3 is 10.2 Å². The summed E-state index contributed by atoms with van der Waals surface area (Å²) < 4.78 is 0. The highest BCUT2D eigenvalue weighted by Gasteiger charge is 2.24. The summed E-state index contributed by atoms with van der Waals surface area (Å²) in [5.74, 6) is 1.09. The van der Waals surface area contributed by atoms with Gasteiger partial charge in [-0.25, -0.2) is 0 Å². The van der Waals surface area contributed by atoms with Crippen LogP contribution in [-0.2, 0) is 4.79 Å². The molecular formula is C22H28N2O. The molecule has 0 unspecified atom stereocenters. The predicted molar refractivity (Wildman–Crippen MR) is 102 cm³/mol. The van der Waals surface area contributed by atoms with Crippen LogP contribution in [0.5, 0.6) is 0 Å². The molecule has 0 aromatic heterocycles. The van der Waals surface area contributed by atoms with Gasteiger partial charge in [-0.2, -0.15) is 0 Å². The van der Waals surface area contributed by atoms with Gasteiger partial charge in [-0.15, -0.1) is 0 Å². The van der Waals surface area contributed by atoms with Crippen LogP contribution in [0.15, 0.2) is 60.7 Å². The lowest BCUT2D eigenvalue weighted by atomic mass is 9.89. The number of fused-ring (bicyclic) bond motifs is 3. The Morgan fingerprint density at radius 3 is 1.60 bits per heavy atom. The number of hydrogen-bond acceptors (Lipinski definition) is 2. The van der Waals surface area contributed by atoms with E-state index >= 15 is 0 Å². The summed E-state index contributed by atoms with van der Waals surface area (Å²) in [6.07, 6.45) is 4.46. The Kier molecular flexibility index (Phi) is 6.24. The van der Waals surface area contributed by atoms with Gasteiger partial charge >= 0.3 is 0 Å². The van der Waals surface area contributed by atoms with Crippen molar-refractivity contribution >= 4 is 5.91 Å². The van der Waals surface area contributed by atoms with Crippen molar-refractivity contribution in [1.29, 1.82) is 0 Å². The molecule has 2 bridgehead atoms. The molecule has 0 saturated carbocycles. The third-order valence-corrected chi connectivity index (χ3v) is 5.17. The van der Waals surface area contributed by atoms with E-state index in [0.717, 1.165) is 17.0 Å². The average molecular weight is 336 g/mol. The minimum absolute atomic E-state index is 0.0253. The van der Waals surface area contributed by atoms with Crippen LogP contribution in [0.4, 0.5) is 0 Å². The van der Waals surface area contributed by atoms with Crippen LogP contribution in [0.1, 0.15) is 43.4 Å². The molecule has 3 aliphatic heterocycles. The predicted octanol–water partition coefficient (Wildman–Crippen LogP) is 4.01. The Hall–Kier alpha value is -2.13. The molecule has 1 amide bonds. The van der Waals surface area contributed by atoms with E-state index in [1.54, 1.807) is 6.92 Å². The Balaban J connectivity index is 0.000000188. The fourth-order valence-electron chi connectivity index (χ4n) is 3.72. The standard InChI is InChI=1S/C15H15NO.C7H13N/c1-12(17)16-15(13-8-4-2-5-9-13)14-10-6-3-7-11-14;1-4-8-5-2-7(1)3-6-8/h2-11,15H,1H3,(H,16,17);7H,1-6H2. The van der Waals surface area contributed by atoms with E-state index in [-0.39, 0.29) is 11.9 Å². The second-order valence-electron chi connectivity index (χ2n) is 7.03. The van der Waals surface area contributed by atoms with Crippen molar-refractivity contribution in [3.05, 3.63) is 71.8 Å². The van der Waals surface area contributed by atoms with Gasteiger partial charge in [0.15, 0.2) is 0 Å². The van der Waals surface area contributed by atoms with E-state index in [0.29, 0.717) is 0 Å². The van der Waals surface area contributed by atoms with Crippen molar-refractivity contribution in [1.82, 2.24) is 10.2 Å². The molecule has 2 aromatic rings. The molecule has 25 heavy (non-hydrogen) atoms. The molecule has 0 atom stereocenters. The van der Waals surface area contributed by atoms with Crippen LogP contribution < -0.4 is 5.32 Å². The summed E-state index contributed by atoms with van der Waals surface area (Å²) in [5.41, 5.74) is 2.18. The largest absolute Gasteiger partial charge is 0.345 e. The zero-order valence-corrected chi connectivity index (χ0v) is 15.0. The van der Waals surface area contributed by atoms with Crippen LogP contribution in [-0.4, -0.2) is 30.4 Å². The summed E-state index contributed by atoms with van der Waals surface area (Å²) in [6, 6.07) is 19.9. The third-order valence-electron chi connectivity index (χ3n) is 5.17. The Morgan fingerprint density at radius 1 is 0.880 bits per heavy atom. The SMILES string of the molecule is C1CN2CCC1CC2.CC(=O)NC(c1ccccc1)c1ccccc1. The first kappa shape index (κ1) is 17.7. The molecule has 0 radical (unpaired) electrons. The van der Waals surface area contributed by atoms with Gasteiger partial charge in [-0.05, 0) is 55.9 Å². The molecule has 3 fully saturated rings. The Bertz CT molecular complexity index is 586. The van der Waals surface area contributed by atoms with E-state index in [9.17, 15) is 4.79 Å². The lowest BCUT2D eigenvalue weighted by molar-refractivity contribution is -0.119. The molecule has 0 aliphatic carbocycles. The fraction of sp³-hybridized carbons (Fsp3) is 0.409. The summed E-state index contributed by atoms with van der Waals surface area (Å²) >= 11 is 0. The zero-order valence-electron chi connectivity index (χ0n) is 15.0. The topological polar surface area (TPSA) is 32.3 Å². The summed E-state index contributed by atoms with van der Waals surface area (Å²) in [5, 5.41) is 2.97. The van der Waals surface area contributed by atoms with E-state index in [1.165, 1.54) is 38.9 Å². The van der Waals surface area contributed by atoms with Crippen LogP contribution in [0.25, 0.3) is 0 Å². The average Bonchev–Trinajstić information content (AvgIpc) is 2.69. The summed E-state index contributed by atoms with van der Waals surface area (Å²) in [4.78, 5) is 13.9. The minimum Gasteiger partial charge on any atom is -0.345 e. The van der Waals surface area contributed by atoms with Crippen molar-refractivity contribution < 1.29 is 4.79 Å². The number of nitrogens with one attached hydrogen (secondary N) is 1. The van der Waals surface area contributed by atoms with Crippen LogP contribution in [0.2, 0.25) is 0 Å². The molecule has 2 aromatic carbocycles. The maximum absolute atomic E-state index is 11.3. The fourth-order valence-corrected chi connectivity index (χ4v) is 3.72. The maximum atomic E-state index is 11.3. The van der Waals surface area contributed by atoms with Gasteiger partial charge in [0.2, 0.25) is 5.91 Å². The molecule has 1 N–H and O–H groups in total.